The van der Waals surface area contributed by atoms with Crippen LogP contribution in [0.15, 0.2) is 34.9 Å². The van der Waals surface area contributed by atoms with Crippen molar-refractivity contribution in [1.82, 2.24) is 10.1 Å². The average Bonchev–Trinajstić information content (AvgIpc) is 3.06. The van der Waals surface area contributed by atoms with Crippen LogP contribution in [0.1, 0.15) is 43.8 Å². The summed E-state index contributed by atoms with van der Waals surface area (Å²) >= 11 is 0. The van der Waals surface area contributed by atoms with Crippen molar-refractivity contribution in [3.8, 4) is 0 Å². The molecular weight excluding hydrogens is 254 g/mol. The second kappa shape index (κ2) is 5.07. The van der Waals surface area contributed by atoms with Gasteiger partial charge < -0.3 is 9.42 Å². The second-order valence-electron chi connectivity index (χ2n) is 5.39. The number of hydrogen-bond acceptors (Lipinski definition) is 4. The molecule has 20 heavy (non-hydrogen) atoms. The van der Waals surface area contributed by atoms with Crippen LogP contribution in [0, 0.1) is 0 Å². The molecule has 1 aliphatic rings. The molecule has 1 fully saturated rings. The smallest absolute Gasteiger partial charge is 0.232 e. The van der Waals surface area contributed by atoms with Gasteiger partial charge in [-0.3, -0.25) is 4.79 Å². The molecule has 104 valence electrons. The van der Waals surface area contributed by atoms with Crippen LogP contribution in [0.3, 0.4) is 0 Å². The molecule has 0 N–H and O–H groups in total. The summed E-state index contributed by atoms with van der Waals surface area (Å²) in [5.41, 5.74) is 0.920. The molecule has 2 heterocycles. The van der Waals surface area contributed by atoms with Gasteiger partial charge in [0.1, 0.15) is 0 Å². The number of hydrogen-bond donors (Lipinski definition) is 0. The highest BCUT2D eigenvalue weighted by Gasteiger charge is 2.35. The van der Waals surface area contributed by atoms with Crippen molar-refractivity contribution in [1.29, 1.82) is 0 Å². The molecule has 1 amide bonds. The van der Waals surface area contributed by atoms with Crippen LogP contribution in [0.5, 0.6) is 0 Å². The number of amides is 1. The molecule has 1 aliphatic heterocycles. The average molecular weight is 271 g/mol. The zero-order chi connectivity index (χ0) is 14.1. The fraction of sp³-hybridized carbons (Fsp3) is 0.400. The van der Waals surface area contributed by atoms with Gasteiger partial charge in [-0.15, -0.1) is 0 Å². The van der Waals surface area contributed by atoms with Gasteiger partial charge >= 0.3 is 0 Å². The lowest BCUT2D eigenvalue weighted by Gasteiger charge is -2.15. The minimum Gasteiger partial charge on any atom is -0.339 e. The minimum atomic E-state index is -0.0114. The van der Waals surface area contributed by atoms with Crippen molar-refractivity contribution in [2.75, 3.05) is 11.4 Å². The molecule has 3 rings (SSSR count). The number of nitrogens with zero attached hydrogens (tertiary/aromatic N) is 3. The van der Waals surface area contributed by atoms with E-state index < -0.39 is 0 Å². The molecule has 1 saturated heterocycles. The number of carbonyl (C=O) groups excluding carboxylic acids is 1. The van der Waals surface area contributed by atoms with E-state index in [1.807, 2.05) is 44.2 Å². The summed E-state index contributed by atoms with van der Waals surface area (Å²) in [5.74, 6) is 1.59. The Balaban J connectivity index is 1.79. The number of benzene rings is 1. The van der Waals surface area contributed by atoms with Crippen LogP contribution in [0.25, 0.3) is 0 Å². The van der Waals surface area contributed by atoms with Gasteiger partial charge in [0.05, 0.1) is 5.92 Å². The number of para-hydroxylation sites is 1. The molecule has 0 spiro atoms. The molecule has 0 aliphatic carbocycles. The van der Waals surface area contributed by atoms with Crippen LogP contribution >= 0.6 is 0 Å². The van der Waals surface area contributed by atoms with Crippen LogP contribution in [0.2, 0.25) is 0 Å². The van der Waals surface area contributed by atoms with Gasteiger partial charge in [0.25, 0.3) is 0 Å². The summed E-state index contributed by atoms with van der Waals surface area (Å²) in [5, 5.41) is 3.97. The van der Waals surface area contributed by atoms with E-state index in [1.54, 1.807) is 4.90 Å². The zero-order valence-corrected chi connectivity index (χ0v) is 11.6. The molecule has 1 aromatic carbocycles. The molecule has 1 atom stereocenters. The van der Waals surface area contributed by atoms with E-state index in [1.165, 1.54) is 0 Å². The Morgan fingerprint density at radius 2 is 2.05 bits per heavy atom. The molecule has 1 aromatic heterocycles. The maximum atomic E-state index is 12.1. The summed E-state index contributed by atoms with van der Waals surface area (Å²) in [6.07, 6.45) is 0.425. The lowest BCUT2D eigenvalue weighted by atomic mass is 10.1. The monoisotopic (exact) mass is 271 g/mol. The van der Waals surface area contributed by atoms with E-state index in [0.717, 1.165) is 5.69 Å². The standard InChI is InChI=1S/C15H17N3O2/c1-10(2)14-16-15(20-17-14)11-8-13(19)18(9-11)12-6-4-3-5-7-12/h3-7,10-11H,8-9H2,1-2H3/t11-/m0/s1. The third kappa shape index (κ3) is 2.31. The van der Waals surface area contributed by atoms with E-state index in [0.29, 0.717) is 24.7 Å². The maximum absolute atomic E-state index is 12.1. The Bertz CT molecular complexity index is 607. The topological polar surface area (TPSA) is 59.2 Å². The van der Waals surface area contributed by atoms with Gasteiger partial charge in [0.15, 0.2) is 5.82 Å². The van der Waals surface area contributed by atoms with Crippen molar-refractivity contribution in [3.05, 3.63) is 42.0 Å². The highest BCUT2D eigenvalue weighted by molar-refractivity contribution is 5.96. The predicted octanol–water partition coefficient (Wildman–Crippen LogP) is 2.71. The maximum Gasteiger partial charge on any atom is 0.232 e. The van der Waals surface area contributed by atoms with E-state index in [2.05, 4.69) is 10.1 Å². The van der Waals surface area contributed by atoms with Gasteiger partial charge in [0, 0.05) is 24.6 Å². The van der Waals surface area contributed by atoms with E-state index in [4.69, 9.17) is 4.52 Å². The number of rotatable bonds is 3. The highest BCUT2D eigenvalue weighted by atomic mass is 16.5. The fourth-order valence-corrected chi connectivity index (χ4v) is 2.38. The van der Waals surface area contributed by atoms with Gasteiger partial charge in [-0.2, -0.15) is 4.98 Å². The Kier molecular flexibility index (Phi) is 3.26. The van der Waals surface area contributed by atoms with Crippen molar-refractivity contribution < 1.29 is 9.32 Å². The molecular formula is C15H17N3O2. The van der Waals surface area contributed by atoms with Gasteiger partial charge in [-0.1, -0.05) is 37.2 Å². The molecule has 0 radical (unpaired) electrons. The Hall–Kier alpha value is -2.17. The summed E-state index contributed by atoms with van der Waals surface area (Å²) < 4.78 is 5.30. The quantitative estimate of drug-likeness (QED) is 0.861. The van der Waals surface area contributed by atoms with Crippen molar-refractivity contribution in [2.24, 2.45) is 0 Å². The fourth-order valence-electron chi connectivity index (χ4n) is 2.38. The summed E-state index contributed by atoms with van der Waals surface area (Å²) in [6.45, 7) is 4.64. The molecule has 5 heteroatoms. The third-order valence-corrected chi connectivity index (χ3v) is 3.52. The van der Waals surface area contributed by atoms with E-state index in [-0.39, 0.29) is 17.7 Å². The minimum absolute atomic E-state index is 0.0114. The molecule has 2 aromatic rings. The SMILES string of the molecule is CC(C)c1noc([C@H]2CC(=O)N(c3ccccc3)C2)n1. The van der Waals surface area contributed by atoms with Crippen molar-refractivity contribution in [3.63, 3.8) is 0 Å². The number of anilines is 1. The van der Waals surface area contributed by atoms with Gasteiger partial charge in [-0.25, -0.2) is 0 Å². The van der Waals surface area contributed by atoms with Gasteiger partial charge in [-0.05, 0) is 12.1 Å². The summed E-state index contributed by atoms with van der Waals surface area (Å²) in [7, 11) is 0. The number of carbonyl (C=O) groups is 1. The van der Waals surface area contributed by atoms with Crippen LogP contribution in [-0.4, -0.2) is 22.6 Å². The Labute approximate surface area is 117 Å². The largest absolute Gasteiger partial charge is 0.339 e. The third-order valence-electron chi connectivity index (χ3n) is 3.52. The lowest BCUT2D eigenvalue weighted by molar-refractivity contribution is -0.117. The van der Waals surface area contributed by atoms with E-state index >= 15 is 0 Å². The second-order valence-corrected chi connectivity index (χ2v) is 5.39. The van der Waals surface area contributed by atoms with Crippen LogP contribution < -0.4 is 4.90 Å². The first-order valence-electron chi connectivity index (χ1n) is 6.84. The zero-order valence-electron chi connectivity index (χ0n) is 11.6. The normalized spacial score (nSPS) is 19.1. The first-order chi connectivity index (χ1) is 9.65. The molecule has 0 saturated carbocycles. The van der Waals surface area contributed by atoms with Crippen molar-refractivity contribution in [2.45, 2.75) is 32.1 Å². The Morgan fingerprint density at radius 3 is 2.70 bits per heavy atom. The first kappa shape index (κ1) is 12.8. The molecule has 0 unspecified atom stereocenters. The van der Waals surface area contributed by atoms with E-state index in [9.17, 15) is 4.79 Å². The summed E-state index contributed by atoms with van der Waals surface area (Å²) in [4.78, 5) is 18.3. The lowest BCUT2D eigenvalue weighted by Crippen LogP contribution is -2.24. The predicted molar refractivity (Wildman–Crippen MR) is 74.5 cm³/mol. The van der Waals surface area contributed by atoms with Crippen LogP contribution in [-0.2, 0) is 4.79 Å². The molecule has 5 nitrogen and oxygen atoms in total. The van der Waals surface area contributed by atoms with Crippen molar-refractivity contribution >= 4 is 11.6 Å². The summed E-state index contributed by atoms with van der Waals surface area (Å²) in [6, 6.07) is 9.68. The highest BCUT2D eigenvalue weighted by Crippen LogP contribution is 2.31. The van der Waals surface area contributed by atoms with Crippen LogP contribution in [0.4, 0.5) is 5.69 Å². The Morgan fingerprint density at radius 1 is 1.30 bits per heavy atom. The van der Waals surface area contributed by atoms with Gasteiger partial charge in [0.2, 0.25) is 11.8 Å². The first-order valence-corrected chi connectivity index (χ1v) is 6.84. The molecule has 0 bridgehead atoms. The number of aromatic nitrogens is 2.